The molecule has 2 fully saturated rings. The van der Waals surface area contributed by atoms with E-state index in [0.29, 0.717) is 11.7 Å². The Morgan fingerprint density at radius 3 is 3.05 bits per heavy atom. The van der Waals surface area contributed by atoms with Gasteiger partial charge < -0.3 is 10.2 Å². The molecule has 5 heteroatoms. The van der Waals surface area contributed by atoms with Crippen LogP contribution in [-0.4, -0.2) is 47.2 Å². The summed E-state index contributed by atoms with van der Waals surface area (Å²) < 4.78 is 0. The zero-order valence-corrected chi connectivity index (χ0v) is 12.2. The van der Waals surface area contributed by atoms with E-state index >= 15 is 0 Å². The SMILES string of the molecule is CN1CC2CCC2C1CNC(=O)c1n[nH]c2ccccc12. The summed E-state index contributed by atoms with van der Waals surface area (Å²) in [6.45, 7) is 1.90. The number of nitrogens with zero attached hydrogens (tertiary/aromatic N) is 2. The van der Waals surface area contributed by atoms with Crippen LogP contribution in [0.4, 0.5) is 0 Å². The van der Waals surface area contributed by atoms with Crippen LogP contribution in [0.2, 0.25) is 0 Å². The molecule has 110 valence electrons. The number of carbonyl (C=O) groups excluding carboxylic acids is 1. The highest BCUT2D eigenvalue weighted by molar-refractivity contribution is 6.04. The van der Waals surface area contributed by atoms with E-state index in [4.69, 9.17) is 0 Å². The average Bonchev–Trinajstić information content (AvgIpc) is 2.98. The van der Waals surface area contributed by atoms with Crippen molar-refractivity contribution in [3.8, 4) is 0 Å². The Kier molecular flexibility index (Phi) is 2.96. The van der Waals surface area contributed by atoms with Gasteiger partial charge in [-0.25, -0.2) is 0 Å². The van der Waals surface area contributed by atoms with Crippen molar-refractivity contribution >= 4 is 16.8 Å². The summed E-state index contributed by atoms with van der Waals surface area (Å²) in [6.07, 6.45) is 2.66. The Bertz CT molecular complexity index is 680. The quantitative estimate of drug-likeness (QED) is 0.900. The van der Waals surface area contributed by atoms with Crippen LogP contribution >= 0.6 is 0 Å². The smallest absolute Gasteiger partial charge is 0.272 e. The molecule has 3 atom stereocenters. The lowest BCUT2D eigenvalue weighted by Crippen LogP contribution is -2.43. The molecule has 1 aliphatic heterocycles. The van der Waals surface area contributed by atoms with Crippen LogP contribution in [0.5, 0.6) is 0 Å². The number of likely N-dealkylation sites (N-methyl/N-ethyl adjacent to an activating group) is 1. The Morgan fingerprint density at radius 1 is 1.43 bits per heavy atom. The zero-order chi connectivity index (χ0) is 14.4. The molecule has 2 N–H and O–H groups in total. The Labute approximate surface area is 123 Å². The number of aromatic nitrogens is 2. The molecule has 21 heavy (non-hydrogen) atoms. The third-order valence-corrected chi connectivity index (χ3v) is 5.22. The van der Waals surface area contributed by atoms with E-state index in [0.717, 1.165) is 29.3 Å². The first kappa shape index (κ1) is 12.8. The molecule has 2 aliphatic rings. The number of likely N-dealkylation sites (tertiary alicyclic amines) is 1. The van der Waals surface area contributed by atoms with E-state index in [2.05, 4.69) is 27.5 Å². The number of amides is 1. The van der Waals surface area contributed by atoms with Gasteiger partial charge in [0.2, 0.25) is 0 Å². The van der Waals surface area contributed by atoms with Gasteiger partial charge in [0, 0.05) is 24.5 Å². The highest BCUT2D eigenvalue weighted by Gasteiger charge is 2.45. The Morgan fingerprint density at radius 2 is 2.29 bits per heavy atom. The summed E-state index contributed by atoms with van der Waals surface area (Å²) >= 11 is 0. The maximum atomic E-state index is 12.4. The third-order valence-electron chi connectivity index (χ3n) is 5.22. The van der Waals surface area contributed by atoms with E-state index in [1.165, 1.54) is 19.4 Å². The maximum absolute atomic E-state index is 12.4. The minimum Gasteiger partial charge on any atom is -0.349 e. The number of para-hydroxylation sites is 1. The van der Waals surface area contributed by atoms with Crippen molar-refractivity contribution in [2.24, 2.45) is 11.8 Å². The molecule has 1 aromatic heterocycles. The molecule has 1 aromatic carbocycles. The fourth-order valence-electron chi connectivity index (χ4n) is 3.88. The lowest BCUT2D eigenvalue weighted by atomic mass is 9.73. The molecule has 4 rings (SSSR count). The van der Waals surface area contributed by atoms with Crippen LogP contribution < -0.4 is 5.32 Å². The number of rotatable bonds is 3. The van der Waals surface area contributed by atoms with Gasteiger partial charge in [0.25, 0.3) is 5.91 Å². The van der Waals surface area contributed by atoms with E-state index in [9.17, 15) is 4.79 Å². The average molecular weight is 284 g/mol. The molecule has 0 spiro atoms. The van der Waals surface area contributed by atoms with Crippen LogP contribution in [0.15, 0.2) is 24.3 Å². The predicted molar refractivity (Wildman–Crippen MR) is 81.1 cm³/mol. The second kappa shape index (κ2) is 4.84. The summed E-state index contributed by atoms with van der Waals surface area (Å²) in [5, 5.41) is 11.0. The number of H-pyrrole nitrogens is 1. The lowest BCUT2D eigenvalue weighted by molar-refractivity contribution is 0.0929. The number of aromatic amines is 1. The minimum absolute atomic E-state index is 0.0800. The fraction of sp³-hybridized carbons (Fsp3) is 0.500. The van der Waals surface area contributed by atoms with Crippen LogP contribution in [0.25, 0.3) is 10.9 Å². The van der Waals surface area contributed by atoms with E-state index in [-0.39, 0.29) is 5.91 Å². The van der Waals surface area contributed by atoms with Gasteiger partial charge in [-0.15, -0.1) is 0 Å². The summed E-state index contributed by atoms with van der Waals surface area (Å²) in [6, 6.07) is 8.21. The number of carbonyl (C=O) groups is 1. The standard InChI is InChI=1S/C16H20N4O/c1-20-9-10-6-7-11(10)14(20)8-17-16(21)15-12-4-2-3-5-13(12)18-19-15/h2-5,10-11,14H,6-9H2,1H3,(H,17,21)(H,18,19). The van der Waals surface area contributed by atoms with Crippen LogP contribution in [-0.2, 0) is 0 Å². The van der Waals surface area contributed by atoms with E-state index in [1.807, 2.05) is 24.3 Å². The normalized spacial score (nSPS) is 28.3. The number of hydrogen-bond acceptors (Lipinski definition) is 3. The Balaban J connectivity index is 1.46. The molecule has 2 heterocycles. The van der Waals surface area contributed by atoms with Gasteiger partial charge >= 0.3 is 0 Å². The topological polar surface area (TPSA) is 61.0 Å². The zero-order valence-electron chi connectivity index (χ0n) is 12.2. The number of nitrogens with one attached hydrogen (secondary N) is 2. The molecule has 0 bridgehead atoms. The molecule has 3 unspecified atom stereocenters. The largest absolute Gasteiger partial charge is 0.349 e. The predicted octanol–water partition coefficient (Wildman–Crippen LogP) is 1.63. The molecule has 1 saturated carbocycles. The molecular weight excluding hydrogens is 264 g/mol. The second-order valence-corrected chi connectivity index (χ2v) is 6.34. The highest BCUT2D eigenvalue weighted by Crippen LogP contribution is 2.43. The van der Waals surface area contributed by atoms with Gasteiger partial charge in [-0.1, -0.05) is 18.2 Å². The van der Waals surface area contributed by atoms with Crippen molar-refractivity contribution in [1.29, 1.82) is 0 Å². The van der Waals surface area contributed by atoms with Crippen LogP contribution in [0.3, 0.4) is 0 Å². The highest BCUT2D eigenvalue weighted by atomic mass is 16.1. The van der Waals surface area contributed by atoms with Gasteiger partial charge in [0.05, 0.1) is 5.52 Å². The number of hydrogen-bond donors (Lipinski definition) is 2. The maximum Gasteiger partial charge on any atom is 0.272 e. The second-order valence-electron chi connectivity index (χ2n) is 6.34. The molecular formula is C16H20N4O. The molecule has 1 saturated heterocycles. The van der Waals surface area contributed by atoms with Crippen molar-refractivity contribution in [1.82, 2.24) is 20.4 Å². The molecule has 0 radical (unpaired) electrons. The van der Waals surface area contributed by atoms with Gasteiger partial charge in [0.1, 0.15) is 0 Å². The van der Waals surface area contributed by atoms with Gasteiger partial charge in [-0.3, -0.25) is 9.89 Å². The monoisotopic (exact) mass is 284 g/mol. The number of fused-ring (bicyclic) bond motifs is 2. The molecule has 2 aromatic rings. The first-order valence-electron chi connectivity index (χ1n) is 7.65. The van der Waals surface area contributed by atoms with Crippen molar-refractivity contribution < 1.29 is 4.79 Å². The third kappa shape index (κ3) is 2.03. The van der Waals surface area contributed by atoms with Gasteiger partial charge in [-0.2, -0.15) is 5.10 Å². The van der Waals surface area contributed by atoms with Crippen molar-refractivity contribution in [2.45, 2.75) is 18.9 Å². The molecule has 1 aliphatic carbocycles. The van der Waals surface area contributed by atoms with E-state index in [1.54, 1.807) is 0 Å². The first-order valence-corrected chi connectivity index (χ1v) is 7.65. The van der Waals surface area contributed by atoms with E-state index < -0.39 is 0 Å². The Hall–Kier alpha value is -1.88. The summed E-state index contributed by atoms with van der Waals surface area (Å²) in [5.74, 6) is 1.54. The minimum atomic E-state index is -0.0800. The number of benzene rings is 1. The molecule has 1 amide bonds. The van der Waals surface area contributed by atoms with Crippen molar-refractivity contribution in [3.63, 3.8) is 0 Å². The first-order chi connectivity index (χ1) is 10.2. The van der Waals surface area contributed by atoms with Crippen LogP contribution in [0.1, 0.15) is 23.3 Å². The van der Waals surface area contributed by atoms with Crippen molar-refractivity contribution in [2.75, 3.05) is 20.1 Å². The molecule has 5 nitrogen and oxygen atoms in total. The summed E-state index contributed by atoms with van der Waals surface area (Å²) in [7, 11) is 2.17. The summed E-state index contributed by atoms with van der Waals surface area (Å²) in [4.78, 5) is 14.8. The summed E-state index contributed by atoms with van der Waals surface area (Å²) in [5.41, 5.74) is 1.40. The van der Waals surface area contributed by atoms with Crippen LogP contribution in [0, 0.1) is 11.8 Å². The van der Waals surface area contributed by atoms with Crippen molar-refractivity contribution in [3.05, 3.63) is 30.0 Å². The lowest BCUT2D eigenvalue weighted by Gasteiger charge is -2.33. The van der Waals surface area contributed by atoms with Gasteiger partial charge in [-0.05, 0) is 37.8 Å². The fourth-order valence-corrected chi connectivity index (χ4v) is 3.88. The van der Waals surface area contributed by atoms with Gasteiger partial charge in [0.15, 0.2) is 5.69 Å².